The van der Waals surface area contributed by atoms with Crippen LogP contribution in [0.4, 0.5) is 0 Å². The predicted molar refractivity (Wildman–Crippen MR) is 202 cm³/mol. The minimum Gasteiger partial charge on any atom is -0.393 e. The van der Waals surface area contributed by atoms with Gasteiger partial charge in [-0.05, 0) is 121 Å². The second-order valence-corrected chi connectivity index (χ2v) is 21.9. The van der Waals surface area contributed by atoms with E-state index in [2.05, 4.69) is 56.1 Å². The summed E-state index contributed by atoms with van der Waals surface area (Å²) < 4.78 is 0. The molecule has 47 heavy (non-hydrogen) atoms. The van der Waals surface area contributed by atoms with Crippen molar-refractivity contribution in [1.82, 2.24) is 20.9 Å². The first-order chi connectivity index (χ1) is 23.2. The molecule has 3 saturated heterocycles. The summed E-state index contributed by atoms with van der Waals surface area (Å²) in [6.07, 6.45) is 31.7. The van der Waals surface area contributed by atoms with Gasteiger partial charge < -0.3 is 21.1 Å². The van der Waals surface area contributed by atoms with Crippen LogP contribution in [-0.4, -0.2) is 84.2 Å². The van der Waals surface area contributed by atoms with Crippen molar-refractivity contribution in [1.29, 1.82) is 0 Å². The lowest BCUT2D eigenvalue weighted by atomic mass is 9.76. The standard InChI is InChI=1S/C39H66N4OS3/c44-33-23-28(21-22-29(33)39-42-32-9-3-6-12-36(32)47-39)43(26-17-13-24(14-18-26)37-40-30-7-1-4-10-34(30)45-37)27-19-15-25(16-20-27)38-41-31-8-2-5-11-35(31)46-38/h24-42,44H,1-23H2. The van der Waals surface area contributed by atoms with Crippen molar-refractivity contribution in [2.45, 2.75) is 222 Å². The number of aliphatic hydroxyl groups excluding tert-OH is 1. The summed E-state index contributed by atoms with van der Waals surface area (Å²) in [5.74, 6) is 2.17. The van der Waals surface area contributed by atoms with Gasteiger partial charge in [-0.2, -0.15) is 0 Å². The maximum Gasteiger partial charge on any atom is 0.0606 e. The summed E-state index contributed by atoms with van der Waals surface area (Å²) in [6, 6.07) is 4.36. The molecule has 266 valence electrons. The SMILES string of the molecule is OC1CC(N(C2CCC(C3NC4CCCCC4S3)CC2)C2CCC(C3NC4CCCCC4S3)CC2)CCC1C1NC2CCCCC2S1. The Morgan fingerprint density at radius 3 is 1.28 bits per heavy atom. The van der Waals surface area contributed by atoms with Gasteiger partial charge in [-0.1, -0.05) is 38.5 Å². The van der Waals surface area contributed by atoms with E-state index in [0.29, 0.717) is 34.1 Å². The van der Waals surface area contributed by atoms with Crippen molar-refractivity contribution >= 4 is 35.3 Å². The molecule has 9 aliphatic rings. The minimum absolute atomic E-state index is 0.140. The number of nitrogens with one attached hydrogen (secondary N) is 3. The molecular weight excluding hydrogens is 637 g/mol. The average Bonchev–Trinajstić information content (AvgIpc) is 3.86. The van der Waals surface area contributed by atoms with Gasteiger partial charge in [-0.3, -0.25) is 4.90 Å². The van der Waals surface area contributed by atoms with Crippen LogP contribution in [0, 0.1) is 17.8 Å². The zero-order valence-electron chi connectivity index (χ0n) is 29.1. The molecule has 0 bridgehead atoms. The van der Waals surface area contributed by atoms with Crippen molar-refractivity contribution < 1.29 is 5.11 Å². The van der Waals surface area contributed by atoms with Gasteiger partial charge in [0.05, 0.1) is 22.2 Å². The van der Waals surface area contributed by atoms with E-state index < -0.39 is 0 Å². The largest absolute Gasteiger partial charge is 0.393 e. The molecule has 0 radical (unpaired) electrons. The van der Waals surface area contributed by atoms with Gasteiger partial charge >= 0.3 is 0 Å². The van der Waals surface area contributed by atoms with Crippen LogP contribution in [0.25, 0.3) is 0 Å². The topological polar surface area (TPSA) is 59.6 Å². The third kappa shape index (κ3) is 7.14. The summed E-state index contributed by atoms with van der Waals surface area (Å²) in [7, 11) is 0. The first-order valence-corrected chi connectivity index (χ1v) is 23.7. The van der Waals surface area contributed by atoms with Gasteiger partial charge in [0.1, 0.15) is 0 Å². The second-order valence-electron chi connectivity index (χ2n) is 17.7. The lowest BCUT2D eigenvalue weighted by Crippen LogP contribution is -2.56. The smallest absolute Gasteiger partial charge is 0.0606 e. The minimum atomic E-state index is -0.140. The normalized spacial score (nSPS) is 52.2. The molecule has 0 amide bonds. The molecular formula is C39H66N4OS3. The average molecular weight is 703 g/mol. The molecule has 9 rings (SSSR count). The predicted octanol–water partition coefficient (Wildman–Crippen LogP) is 7.86. The highest BCUT2D eigenvalue weighted by Crippen LogP contribution is 2.49. The Labute approximate surface area is 299 Å². The Morgan fingerprint density at radius 2 is 0.830 bits per heavy atom. The molecule has 12 atom stereocenters. The van der Waals surface area contributed by atoms with Crippen molar-refractivity contribution in [2.24, 2.45) is 17.8 Å². The van der Waals surface area contributed by atoms with E-state index in [-0.39, 0.29) is 6.10 Å². The van der Waals surface area contributed by atoms with E-state index in [9.17, 15) is 5.11 Å². The molecule has 3 aliphatic heterocycles. The van der Waals surface area contributed by atoms with Gasteiger partial charge in [-0.25, -0.2) is 0 Å². The summed E-state index contributed by atoms with van der Waals surface area (Å²) in [6.45, 7) is 0. The third-order valence-electron chi connectivity index (χ3n) is 15.0. The van der Waals surface area contributed by atoms with Crippen LogP contribution >= 0.6 is 35.3 Å². The van der Waals surface area contributed by atoms with Crippen molar-refractivity contribution in [3.05, 3.63) is 0 Å². The summed E-state index contributed by atoms with van der Waals surface area (Å²) in [4.78, 5) is 3.12. The van der Waals surface area contributed by atoms with Crippen LogP contribution in [-0.2, 0) is 0 Å². The zero-order chi connectivity index (χ0) is 31.3. The second kappa shape index (κ2) is 15.1. The number of hydrogen-bond donors (Lipinski definition) is 4. The van der Waals surface area contributed by atoms with Crippen LogP contribution in [0.15, 0.2) is 0 Å². The van der Waals surface area contributed by atoms with Gasteiger partial charge in [0.2, 0.25) is 0 Å². The van der Waals surface area contributed by atoms with Crippen LogP contribution in [0.2, 0.25) is 0 Å². The number of nitrogens with zero attached hydrogens (tertiary/aromatic N) is 1. The maximum atomic E-state index is 11.9. The van der Waals surface area contributed by atoms with E-state index >= 15 is 0 Å². The number of fused-ring (bicyclic) bond motifs is 3. The zero-order valence-corrected chi connectivity index (χ0v) is 31.6. The van der Waals surface area contributed by atoms with E-state index in [1.54, 1.807) is 0 Å². The Morgan fingerprint density at radius 1 is 0.426 bits per heavy atom. The van der Waals surface area contributed by atoms with Crippen LogP contribution < -0.4 is 16.0 Å². The highest BCUT2D eigenvalue weighted by molar-refractivity contribution is 8.01. The molecule has 0 aromatic heterocycles. The molecule has 4 N–H and O–H groups in total. The Bertz CT molecular complexity index is 944. The fourth-order valence-corrected chi connectivity index (χ4v) is 18.0. The fourth-order valence-electron chi connectivity index (χ4n) is 12.5. The third-order valence-corrected chi connectivity index (χ3v) is 20.2. The first-order valence-electron chi connectivity index (χ1n) is 20.9. The molecule has 0 aromatic carbocycles. The first kappa shape index (κ1) is 33.7. The van der Waals surface area contributed by atoms with Gasteiger partial charge in [0, 0.05) is 57.9 Å². The Balaban J connectivity index is 0.850. The highest BCUT2D eigenvalue weighted by atomic mass is 32.2. The van der Waals surface area contributed by atoms with Crippen molar-refractivity contribution in [2.75, 3.05) is 0 Å². The summed E-state index contributed by atoms with van der Waals surface area (Å²) in [5, 5.41) is 28.7. The summed E-state index contributed by atoms with van der Waals surface area (Å²) >= 11 is 6.87. The van der Waals surface area contributed by atoms with Crippen LogP contribution in [0.5, 0.6) is 0 Å². The van der Waals surface area contributed by atoms with Crippen molar-refractivity contribution in [3.8, 4) is 0 Å². The summed E-state index contributed by atoms with van der Waals surface area (Å²) in [5.41, 5.74) is 0. The molecule has 12 unspecified atom stereocenters. The van der Waals surface area contributed by atoms with Gasteiger partial charge in [-0.15, -0.1) is 35.3 Å². The number of aliphatic hydroxyl groups is 1. The van der Waals surface area contributed by atoms with Crippen molar-refractivity contribution in [3.63, 3.8) is 0 Å². The molecule has 9 fully saturated rings. The Kier molecular flexibility index (Phi) is 10.8. The number of thioether (sulfide) groups is 3. The quantitative estimate of drug-likeness (QED) is 0.223. The van der Waals surface area contributed by atoms with Gasteiger partial charge in [0.25, 0.3) is 0 Å². The number of hydrogen-bond acceptors (Lipinski definition) is 8. The maximum absolute atomic E-state index is 11.9. The van der Waals surface area contributed by atoms with E-state index in [0.717, 1.165) is 58.2 Å². The molecule has 0 aromatic rings. The molecule has 5 nitrogen and oxygen atoms in total. The van der Waals surface area contributed by atoms with Gasteiger partial charge in [0.15, 0.2) is 0 Å². The molecule has 0 spiro atoms. The molecule has 6 saturated carbocycles. The number of rotatable bonds is 6. The lowest BCUT2D eigenvalue weighted by Gasteiger charge is -2.51. The molecule has 6 aliphatic carbocycles. The Hall–Kier alpha value is 0.850. The lowest BCUT2D eigenvalue weighted by molar-refractivity contribution is -0.0365. The monoisotopic (exact) mass is 702 g/mol. The van der Waals surface area contributed by atoms with E-state index in [1.807, 2.05) is 0 Å². The van der Waals surface area contributed by atoms with E-state index in [4.69, 9.17) is 0 Å². The highest BCUT2D eigenvalue weighted by Gasteiger charge is 2.48. The fraction of sp³-hybridized carbons (Fsp3) is 1.00. The van der Waals surface area contributed by atoms with E-state index in [1.165, 1.54) is 141 Å². The molecule has 3 heterocycles. The molecule has 8 heteroatoms. The van der Waals surface area contributed by atoms with Crippen LogP contribution in [0.3, 0.4) is 0 Å². The van der Waals surface area contributed by atoms with Crippen LogP contribution in [0.1, 0.15) is 148 Å².